The quantitative estimate of drug-likeness (QED) is 0.478. The molecule has 4 heterocycles. The van der Waals surface area contributed by atoms with E-state index < -0.39 is 58.6 Å². The Hall–Kier alpha value is -4.09. The number of nitrogens with zero attached hydrogens (tertiary/aromatic N) is 2. The second-order valence-electron chi connectivity index (χ2n) is 11.3. The van der Waals surface area contributed by atoms with Gasteiger partial charge in [0, 0.05) is 43.7 Å². The summed E-state index contributed by atoms with van der Waals surface area (Å²) in [5.74, 6) is -5.22. The van der Waals surface area contributed by atoms with E-state index in [2.05, 4.69) is 5.32 Å². The molecule has 4 atom stereocenters. The highest BCUT2D eigenvalue weighted by Crippen LogP contribution is 2.46. The molecule has 1 spiro atoms. The molecular weight excluding hydrogens is 548 g/mol. The van der Waals surface area contributed by atoms with Gasteiger partial charge in [0.2, 0.25) is 5.43 Å². The summed E-state index contributed by atoms with van der Waals surface area (Å²) in [6.45, 7) is 3.38. The fourth-order valence-corrected chi connectivity index (χ4v) is 6.23. The molecule has 11 heteroatoms. The number of carbonyl (C=O) groups is 2. The van der Waals surface area contributed by atoms with Crippen molar-refractivity contribution in [2.45, 2.75) is 63.6 Å². The fraction of sp³-hybridized carbons (Fsp3) is 0.387. The number of aromatic hydroxyl groups is 1. The van der Waals surface area contributed by atoms with Crippen molar-refractivity contribution in [3.8, 4) is 5.75 Å². The van der Waals surface area contributed by atoms with E-state index in [0.29, 0.717) is 31.4 Å². The van der Waals surface area contributed by atoms with Crippen LogP contribution in [0.4, 0.5) is 8.78 Å². The van der Waals surface area contributed by atoms with Gasteiger partial charge >= 0.3 is 0 Å². The Labute approximate surface area is 240 Å². The number of benzene rings is 2. The molecule has 3 aromatic rings. The van der Waals surface area contributed by atoms with E-state index in [1.807, 2.05) is 37.3 Å². The first-order valence-corrected chi connectivity index (χ1v) is 14.0. The normalized spacial score (nSPS) is 24.9. The summed E-state index contributed by atoms with van der Waals surface area (Å²) in [5.41, 5.74) is -0.699. The van der Waals surface area contributed by atoms with E-state index in [0.717, 1.165) is 17.7 Å². The number of hydrogen-bond acceptors (Lipinski definition) is 6. The molecule has 0 unspecified atom stereocenters. The number of aryl methyl sites for hydroxylation is 1. The number of halogens is 2. The van der Waals surface area contributed by atoms with Crippen LogP contribution in [0.25, 0.3) is 0 Å². The number of fused-ring (bicyclic) bond motifs is 5. The van der Waals surface area contributed by atoms with Crippen LogP contribution in [-0.4, -0.2) is 57.5 Å². The lowest BCUT2D eigenvalue weighted by Crippen LogP contribution is -2.52. The SMILES string of the molecule is Cc1cc(F)c(CNC(=O)c2cn3c(c(O)c2=O)C(=O)N2C[C@@H]3[C@]3(CC[C@@H]2C)OC[C@@H](Cc2ccccc2)O3)c(F)c1. The summed E-state index contributed by atoms with van der Waals surface area (Å²) in [6.07, 6.45) is 2.54. The maximum atomic E-state index is 14.4. The zero-order valence-electron chi connectivity index (χ0n) is 23.2. The number of aromatic nitrogens is 1. The Balaban J connectivity index is 1.35. The Morgan fingerprint density at radius 1 is 1.17 bits per heavy atom. The van der Waals surface area contributed by atoms with Crippen LogP contribution in [-0.2, 0) is 22.4 Å². The molecule has 42 heavy (non-hydrogen) atoms. The van der Waals surface area contributed by atoms with Gasteiger partial charge in [0.25, 0.3) is 11.8 Å². The molecule has 2 bridgehead atoms. The van der Waals surface area contributed by atoms with Gasteiger partial charge in [0.05, 0.1) is 12.7 Å². The topological polar surface area (TPSA) is 110 Å². The van der Waals surface area contributed by atoms with E-state index in [9.17, 15) is 28.3 Å². The number of ether oxygens (including phenoxy) is 2. The molecular formula is C31H31F2N3O6. The summed E-state index contributed by atoms with van der Waals surface area (Å²) < 4.78 is 43.1. The van der Waals surface area contributed by atoms with Crippen LogP contribution >= 0.6 is 0 Å². The van der Waals surface area contributed by atoms with Crippen LogP contribution < -0.4 is 10.7 Å². The molecule has 3 aliphatic rings. The summed E-state index contributed by atoms with van der Waals surface area (Å²) in [5, 5.41) is 13.4. The van der Waals surface area contributed by atoms with Gasteiger partial charge in [-0.25, -0.2) is 8.78 Å². The zero-order chi connectivity index (χ0) is 29.8. The second kappa shape index (κ2) is 10.6. The van der Waals surface area contributed by atoms with Crippen LogP contribution in [0, 0.1) is 18.6 Å². The zero-order valence-corrected chi connectivity index (χ0v) is 23.2. The van der Waals surface area contributed by atoms with E-state index >= 15 is 0 Å². The van der Waals surface area contributed by atoms with Gasteiger partial charge in [-0.2, -0.15) is 0 Å². The molecule has 3 aliphatic heterocycles. The molecule has 2 amide bonds. The number of nitrogens with one attached hydrogen (secondary N) is 1. The van der Waals surface area contributed by atoms with Gasteiger partial charge in [0.15, 0.2) is 17.2 Å². The van der Waals surface area contributed by atoms with Crippen molar-refractivity contribution < 1.29 is 33.0 Å². The second-order valence-corrected chi connectivity index (χ2v) is 11.3. The number of amides is 2. The van der Waals surface area contributed by atoms with Crippen LogP contribution in [0.2, 0.25) is 0 Å². The highest BCUT2D eigenvalue weighted by atomic mass is 19.1. The minimum absolute atomic E-state index is 0.175. The Morgan fingerprint density at radius 2 is 1.88 bits per heavy atom. The smallest absolute Gasteiger partial charge is 0.274 e. The predicted octanol–water partition coefficient (Wildman–Crippen LogP) is 3.60. The summed E-state index contributed by atoms with van der Waals surface area (Å²) in [6, 6.07) is 11.2. The molecule has 0 aliphatic carbocycles. The van der Waals surface area contributed by atoms with Crippen molar-refractivity contribution in [2.24, 2.45) is 0 Å². The third kappa shape index (κ3) is 4.76. The van der Waals surface area contributed by atoms with Gasteiger partial charge in [-0.1, -0.05) is 30.3 Å². The van der Waals surface area contributed by atoms with Gasteiger partial charge < -0.3 is 29.4 Å². The van der Waals surface area contributed by atoms with Gasteiger partial charge in [-0.3, -0.25) is 14.4 Å². The van der Waals surface area contributed by atoms with E-state index in [1.54, 1.807) is 4.90 Å². The maximum Gasteiger partial charge on any atom is 0.274 e. The lowest BCUT2D eigenvalue weighted by molar-refractivity contribution is -0.202. The van der Waals surface area contributed by atoms with Crippen molar-refractivity contribution >= 4 is 11.8 Å². The monoisotopic (exact) mass is 579 g/mol. The molecule has 2 saturated heterocycles. The van der Waals surface area contributed by atoms with Crippen molar-refractivity contribution in [3.05, 3.63) is 98.5 Å². The number of rotatable bonds is 5. The van der Waals surface area contributed by atoms with Gasteiger partial charge in [0.1, 0.15) is 23.2 Å². The van der Waals surface area contributed by atoms with Crippen molar-refractivity contribution in [3.63, 3.8) is 0 Å². The third-order valence-electron chi connectivity index (χ3n) is 8.47. The minimum Gasteiger partial charge on any atom is -0.503 e. The average molecular weight is 580 g/mol. The highest BCUT2D eigenvalue weighted by Gasteiger charge is 2.55. The first-order chi connectivity index (χ1) is 20.1. The predicted molar refractivity (Wildman–Crippen MR) is 147 cm³/mol. The lowest BCUT2D eigenvalue weighted by Gasteiger charge is -2.42. The van der Waals surface area contributed by atoms with Gasteiger partial charge in [-0.05, 0) is 43.5 Å². The van der Waals surface area contributed by atoms with Crippen LogP contribution in [0.15, 0.2) is 53.5 Å². The summed E-state index contributed by atoms with van der Waals surface area (Å²) >= 11 is 0. The molecule has 9 nitrogen and oxygen atoms in total. The Kier molecular flexibility index (Phi) is 7.10. The minimum atomic E-state index is -1.18. The molecule has 0 saturated carbocycles. The van der Waals surface area contributed by atoms with Crippen molar-refractivity contribution in [1.29, 1.82) is 0 Å². The number of pyridine rings is 1. The summed E-state index contributed by atoms with van der Waals surface area (Å²) in [4.78, 5) is 41.4. The molecule has 6 rings (SSSR count). The van der Waals surface area contributed by atoms with Crippen LogP contribution in [0.5, 0.6) is 5.75 Å². The third-order valence-corrected chi connectivity index (χ3v) is 8.47. The maximum absolute atomic E-state index is 14.4. The number of carbonyl (C=O) groups excluding carboxylic acids is 2. The van der Waals surface area contributed by atoms with Crippen LogP contribution in [0.1, 0.15) is 63.3 Å². The lowest BCUT2D eigenvalue weighted by atomic mass is 9.99. The first-order valence-electron chi connectivity index (χ1n) is 14.0. The van der Waals surface area contributed by atoms with Gasteiger partial charge in [-0.15, -0.1) is 0 Å². The molecule has 2 fully saturated rings. The fourth-order valence-electron chi connectivity index (χ4n) is 6.23. The number of hydrogen-bond donors (Lipinski definition) is 2. The van der Waals surface area contributed by atoms with E-state index in [4.69, 9.17) is 9.47 Å². The molecule has 2 N–H and O–H groups in total. The molecule has 0 radical (unpaired) electrons. The first kappa shape index (κ1) is 28.0. The van der Waals surface area contributed by atoms with Crippen LogP contribution in [0.3, 0.4) is 0 Å². The standard InChI is InChI=1S/C31H31F2N3O6/c1-17-10-23(32)21(24(33)11-17)13-34-29(39)22-14-36-25-15-35(30(40)26(36)28(38)27(22)37)18(2)8-9-31(25)41-16-20(42-31)12-19-6-4-3-5-7-19/h3-7,10-11,14,18,20,25,38H,8-9,12-13,15-16H2,1-2H3,(H,34,39)/t18-,20+,25+,31+/m0/s1. The van der Waals surface area contributed by atoms with E-state index in [-0.39, 0.29) is 29.9 Å². The molecule has 1 aromatic heterocycles. The van der Waals surface area contributed by atoms with E-state index in [1.165, 1.54) is 17.7 Å². The average Bonchev–Trinajstić information content (AvgIpc) is 3.31. The Bertz CT molecular complexity index is 1600. The summed E-state index contributed by atoms with van der Waals surface area (Å²) in [7, 11) is 0. The molecule has 220 valence electrons. The largest absolute Gasteiger partial charge is 0.503 e. The highest BCUT2D eigenvalue weighted by molar-refractivity contribution is 5.99. The van der Waals surface area contributed by atoms with Crippen molar-refractivity contribution in [1.82, 2.24) is 14.8 Å². The van der Waals surface area contributed by atoms with Crippen molar-refractivity contribution in [2.75, 3.05) is 13.2 Å². The Morgan fingerprint density at radius 3 is 2.60 bits per heavy atom. The molecule has 2 aromatic carbocycles.